The van der Waals surface area contributed by atoms with Crippen LogP contribution >= 0.6 is 0 Å². The number of alkyl halides is 1. The number of carbonyl (C=O) groups is 3. The van der Waals surface area contributed by atoms with E-state index in [2.05, 4.69) is 10.2 Å². The zero-order valence-electron chi connectivity index (χ0n) is 21.6. The highest BCUT2D eigenvalue weighted by Crippen LogP contribution is 2.35. The van der Waals surface area contributed by atoms with Gasteiger partial charge in [-0.25, -0.2) is 9.18 Å². The van der Waals surface area contributed by atoms with Crippen LogP contribution in [0.25, 0.3) is 11.0 Å². The molecule has 0 radical (unpaired) electrons. The van der Waals surface area contributed by atoms with Crippen molar-refractivity contribution in [3.8, 4) is 0 Å². The first kappa shape index (κ1) is 26.6. The number of rotatable bonds is 7. The van der Waals surface area contributed by atoms with Crippen molar-refractivity contribution in [2.24, 2.45) is 17.6 Å². The molecule has 10 heteroatoms. The van der Waals surface area contributed by atoms with Crippen LogP contribution in [0.5, 0.6) is 0 Å². The van der Waals surface area contributed by atoms with Gasteiger partial charge in [-0.15, -0.1) is 0 Å². The maximum atomic E-state index is 13.8. The van der Waals surface area contributed by atoms with E-state index in [1.54, 1.807) is 23.1 Å². The number of halogens is 1. The molecule has 0 unspecified atom stereocenters. The van der Waals surface area contributed by atoms with Crippen molar-refractivity contribution in [2.45, 2.75) is 69.5 Å². The molecule has 2 aliphatic heterocycles. The zero-order valence-corrected chi connectivity index (χ0v) is 21.6. The lowest BCUT2D eigenvalue weighted by atomic mass is 9.78. The Morgan fingerprint density at radius 1 is 1.05 bits per heavy atom. The maximum Gasteiger partial charge on any atom is 0.371 e. The quantitative estimate of drug-likeness (QED) is 0.501. The molecule has 3 heterocycles. The number of benzene rings is 1. The molecular formula is C28H37FN4O5. The average molecular weight is 529 g/mol. The van der Waals surface area contributed by atoms with Gasteiger partial charge in [-0.05, 0) is 88.2 Å². The lowest BCUT2D eigenvalue weighted by Crippen LogP contribution is -2.55. The standard InChI is InChI=1S/C28H37FN4O5/c29-16-21(30)17-4-6-18(7-5-17)27(35)33-13-10-22(32-11-2-1-3-12-32)25(33)26(34)31-20-8-9-23-19(14-20)15-24(38-23)28(36)37/h8-9,14-15,17-18,21-22,25H,1-7,10-13,16,30H2,(H,31,34)(H,36,37)/t17-,18-,21-,22-,25+/m1/s1. The molecule has 1 aromatic carbocycles. The first-order valence-electron chi connectivity index (χ1n) is 13.8. The fourth-order valence-electron chi connectivity index (χ4n) is 6.57. The first-order valence-corrected chi connectivity index (χ1v) is 13.8. The highest BCUT2D eigenvalue weighted by Gasteiger charge is 2.46. The molecule has 5 rings (SSSR count). The number of hydrogen-bond acceptors (Lipinski definition) is 6. The molecule has 1 saturated carbocycles. The Hall–Kier alpha value is -2.98. The summed E-state index contributed by atoms with van der Waals surface area (Å²) < 4.78 is 18.4. The number of anilines is 1. The second kappa shape index (κ2) is 11.4. The molecule has 3 fully saturated rings. The predicted molar refractivity (Wildman–Crippen MR) is 141 cm³/mol. The third-order valence-corrected chi connectivity index (χ3v) is 8.68. The largest absolute Gasteiger partial charge is 0.475 e. The van der Waals surface area contributed by atoms with Crippen LogP contribution in [0.2, 0.25) is 0 Å². The molecule has 9 nitrogen and oxygen atoms in total. The van der Waals surface area contributed by atoms with Crippen LogP contribution < -0.4 is 11.1 Å². The second-order valence-electron chi connectivity index (χ2n) is 11.0. The molecule has 1 aliphatic carbocycles. The van der Waals surface area contributed by atoms with Crippen LogP contribution in [0.4, 0.5) is 10.1 Å². The number of aromatic carboxylic acids is 1. The SMILES string of the molecule is N[C@H](CF)[C@H]1CC[C@H](C(=O)N2CC[C@@H](N3CCCCC3)[C@H]2C(=O)Nc2ccc3oc(C(=O)O)cc3c2)CC1. The Kier molecular flexibility index (Phi) is 7.99. The van der Waals surface area contributed by atoms with Crippen molar-refractivity contribution in [3.63, 3.8) is 0 Å². The van der Waals surface area contributed by atoms with Gasteiger partial charge in [0.15, 0.2) is 0 Å². The van der Waals surface area contributed by atoms with Crippen molar-refractivity contribution in [1.29, 1.82) is 0 Å². The third-order valence-electron chi connectivity index (χ3n) is 8.68. The van der Waals surface area contributed by atoms with Crippen LogP contribution in [-0.4, -0.2) is 77.1 Å². The van der Waals surface area contributed by atoms with Gasteiger partial charge in [-0.2, -0.15) is 0 Å². The monoisotopic (exact) mass is 528 g/mol. The summed E-state index contributed by atoms with van der Waals surface area (Å²) in [7, 11) is 0. The van der Waals surface area contributed by atoms with Gasteiger partial charge < -0.3 is 25.5 Å². The number of piperidine rings is 1. The molecule has 2 aromatic rings. The molecule has 206 valence electrons. The van der Waals surface area contributed by atoms with Crippen molar-refractivity contribution >= 4 is 34.4 Å². The number of carboxylic acids is 1. The van der Waals surface area contributed by atoms with E-state index in [1.807, 2.05) is 0 Å². The van der Waals surface area contributed by atoms with Gasteiger partial charge >= 0.3 is 5.97 Å². The lowest BCUT2D eigenvalue weighted by Gasteiger charge is -2.38. The van der Waals surface area contributed by atoms with Crippen LogP contribution in [0.15, 0.2) is 28.7 Å². The minimum absolute atomic E-state index is 0.00770. The molecular weight excluding hydrogens is 491 g/mol. The number of carbonyl (C=O) groups excluding carboxylic acids is 2. The highest BCUT2D eigenvalue weighted by atomic mass is 19.1. The molecule has 3 atom stereocenters. The van der Waals surface area contributed by atoms with E-state index in [9.17, 15) is 23.9 Å². The first-order chi connectivity index (χ1) is 18.4. The smallest absolute Gasteiger partial charge is 0.371 e. The zero-order chi connectivity index (χ0) is 26.8. The van der Waals surface area contributed by atoms with Gasteiger partial charge in [0.05, 0.1) is 0 Å². The Bertz CT molecular complexity index is 1170. The summed E-state index contributed by atoms with van der Waals surface area (Å²) in [5, 5.41) is 12.8. The van der Waals surface area contributed by atoms with Gasteiger partial charge in [0, 0.05) is 35.6 Å². The molecule has 2 saturated heterocycles. The van der Waals surface area contributed by atoms with E-state index < -0.39 is 24.7 Å². The minimum atomic E-state index is -1.16. The topological polar surface area (TPSA) is 129 Å². The van der Waals surface area contributed by atoms with E-state index in [-0.39, 0.29) is 35.5 Å². The fraction of sp³-hybridized carbons (Fsp3) is 0.607. The number of nitrogens with zero attached hydrogens (tertiary/aromatic N) is 2. The number of likely N-dealkylation sites (tertiary alicyclic amines) is 2. The molecule has 2 amide bonds. The summed E-state index contributed by atoms with van der Waals surface area (Å²) in [6, 6.07) is 5.31. The van der Waals surface area contributed by atoms with E-state index in [0.29, 0.717) is 36.0 Å². The van der Waals surface area contributed by atoms with Crippen molar-refractivity contribution < 1.29 is 28.3 Å². The summed E-state index contributed by atoms with van der Waals surface area (Å²) in [5.74, 6) is -1.62. The summed E-state index contributed by atoms with van der Waals surface area (Å²) in [6.07, 6.45) is 6.88. The number of furan rings is 1. The van der Waals surface area contributed by atoms with E-state index in [1.165, 1.54) is 12.5 Å². The number of amides is 2. The maximum absolute atomic E-state index is 13.8. The normalized spacial score (nSPS) is 27.4. The van der Waals surface area contributed by atoms with Gasteiger partial charge in [-0.1, -0.05) is 6.42 Å². The van der Waals surface area contributed by atoms with Crippen molar-refractivity contribution in [1.82, 2.24) is 9.80 Å². The molecule has 38 heavy (non-hydrogen) atoms. The summed E-state index contributed by atoms with van der Waals surface area (Å²) in [5.41, 5.74) is 6.86. The van der Waals surface area contributed by atoms with Crippen LogP contribution in [0.3, 0.4) is 0 Å². The highest BCUT2D eigenvalue weighted by molar-refractivity contribution is 6.00. The minimum Gasteiger partial charge on any atom is -0.475 e. The van der Waals surface area contributed by atoms with E-state index >= 15 is 0 Å². The van der Waals surface area contributed by atoms with E-state index in [0.717, 1.165) is 45.2 Å². The van der Waals surface area contributed by atoms with Crippen molar-refractivity contribution in [2.75, 3.05) is 31.6 Å². The number of fused-ring (bicyclic) bond motifs is 1. The van der Waals surface area contributed by atoms with Crippen LogP contribution in [0.1, 0.15) is 61.9 Å². The number of nitrogens with two attached hydrogens (primary N) is 1. The summed E-state index contributed by atoms with van der Waals surface area (Å²) in [6.45, 7) is 1.82. The summed E-state index contributed by atoms with van der Waals surface area (Å²) in [4.78, 5) is 42.9. The predicted octanol–water partition coefficient (Wildman–Crippen LogP) is 3.63. The number of carboxylic acid groups (broad SMARTS) is 1. The van der Waals surface area contributed by atoms with Crippen LogP contribution in [-0.2, 0) is 9.59 Å². The second-order valence-corrected chi connectivity index (χ2v) is 11.0. The third kappa shape index (κ3) is 5.42. The van der Waals surface area contributed by atoms with Gasteiger partial charge in [-0.3, -0.25) is 14.5 Å². The number of hydrogen-bond donors (Lipinski definition) is 3. The molecule has 1 aromatic heterocycles. The Morgan fingerprint density at radius 3 is 2.47 bits per heavy atom. The van der Waals surface area contributed by atoms with Gasteiger partial charge in [0.2, 0.25) is 17.6 Å². The molecule has 4 N–H and O–H groups in total. The van der Waals surface area contributed by atoms with Crippen molar-refractivity contribution in [3.05, 3.63) is 30.0 Å². The van der Waals surface area contributed by atoms with Gasteiger partial charge in [0.25, 0.3) is 0 Å². The number of nitrogens with one attached hydrogen (secondary N) is 1. The lowest BCUT2D eigenvalue weighted by molar-refractivity contribution is -0.142. The Morgan fingerprint density at radius 2 is 1.79 bits per heavy atom. The Labute approximate surface area is 221 Å². The molecule has 0 bridgehead atoms. The fourth-order valence-corrected chi connectivity index (χ4v) is 6.57. The Balaban J connectivity index is 1.34. The average Bonchev–Trinajstić information content (AvgIpc) is 3.58. The summed E-state index contributed by atoms with van der Waals surface area (Å²) >= 11 is 0. The van der Waals surface area contributed by atoms with E-state index in [4.69, 9.17) is 10.2 Å². The van der Waals surface area contributed by atoms with Gasteiger partial charge in [0.1, 0.15) is 18.3 Å². The molecule has 3 aliphatic rings. The van der Waals surface area contributed by atoms with Crippen LogP contribution in [0, 0.1) is 11.8 Å². The molecule has 0 spiro atoms.